The molecule has 0 saturated heterocycles. The van der Waals surface area contributed by atoms with E-state index >= 15 is 0 Å². The molecule has 2 aromatic rings. The normalized spacial score (nSPS) is 21.2. The Bertz CT molecular complexity index is 974. The van der Waals surface area contributed by atoms with Crippen LogP contribution < -0.4 is 21.5 Å². The standard InChI is InChI=1S/C20H25F3N6O3/c1-19(25)8-6-12(7-9-19)10-14-16(29(30)31)17(24)28-18(27-14)26-11-13-4-2-3-5-15(13)32-20(21,22)23/h2-5,12H,6-11,25H2,1H3,(H3,24,26,27,28). The van der Waals surface area contributed by atoms with Crippen LogP contribution in [0.3, 0.4) is 0 Å². The van der Waals surface area contributed by atoms with E-state index in [1.54, 1.807) is 6.07 Å². The lowest BCUT2D eigenvalue weighted by Crippen LogP contribution is -2.40. The number of hydrogen-bond acceptors (Lipinski definition) is 8. The van der Waals surface area contributed by atoms with Crippen LogP contribution in [0.2, 0.25) is 0 Å². The molecule has 1 saturated carbocycles. The number of anilines is 2. The first-order chi connectivity index (χ1) is 14.9. The molecule has 1 aliphatic rings. The highest BCUT2D eigenvalue weighted by molar-refractivity contribution is 5.58. The van der Waals surface area contributed by atoms with Gasteiger partial charge in [-0.1, -0.05) is 18.2 Å². The molecule has 0 aliphatic heterocycles. The van der Waals surface area contributed by atoms with E-state index in [0.29, 0.717) is 6.42 Å². The van der Waals surface area contributed by atoms with Crippen LogP contribution in [0, 0.1) is 16.0 Å². The Morgan fingerprint density at radius 2 is 1.94 bits per heavy atom. The molecule has 0 amide bonds. The molecule has 1 aromatic heterocycles. The molecule has 12 heteroatoms. The average Bonchev–Trinajstić information content (AvgIpc) is 2.67. The Kier molecular flexibility index (Phi) is 6.72. The highest BCUT2D eigenvalue weighted by Crippen LogP contribution is 2.35. The number of ether oxygens (including phenoxy) is 1. The summed E-state index contributed by atoms with van der Waals surface area (Å²) < 4.78 is 41.9. The Morgan fingerprint density at radius 1 is 1.28 bits per heavy atom. The van der Waals surface area contributed by atoms with Gasteiger partial charge in [0.2, 0.25) is 11.8 Å². The Labute approximate surface area is 182 Å². The number of alkyl halides is 3. The van der Waals surface area contributed by atoms with Crippen LogP contribution in [0.25, 0.3) is 0 Å². The number of para-hydroxylation sites is 1. The first kappa shape index (κ1) is 23.5. The van der Waals surface area contributed by atoms with Gasteiger partial charge >= 0.3 is 12.0 Å². The molecule has 0 radical (unpaired) electrons. The summed E-state index contributed by atoms with van der Waals surface area (Å²) in [5.41, 5.74) is 11.8. The fourth-order valence-electron chi connectivity index (χ4n) is 3.80. The van der Waals surface area contributed by atoms with Gasteiger partial charge in [0.1, 0.15) is 11.4 Å². The second-order valence-electron chi connectivity index (χ2n) is 8.30. The maximum absolute atomic E-state index is 12.6. The number of nitrogens with two attached hydrogens (primary N) is 2. The van der Waals surface area contributed by atoms with Crippen molar-refractivity contribution in [1.29, 1.82) is 0 Å². The fraction of sp³-hybridized carbons (Fsp3) is 0.500. The zero-order valence-corrected chi connectivity index (χ0v) is 17.5. The first-order valence-corrected chi connectivity index (χ1v) is 10.1. The van der Waals surface area contributed by atoms with Crippen LogP contribution in [0.15, 0.2) is 24.3 Å². The van der Waals surface area contributed by atoms with Crippen molar-refractivity contribution < 1.29 is 22.8 Å². The molecule has 1 fully saturated rings. The maximum atomic E-state index is 12.6. The number of nitrogen functional groups attached to an aromatic ring is 1. The molecule has 0 spiro atoms. The molecule has 9 nitrogen and oxygen atoms in total. The van der Waals surface area contributed by atoms with Gasteiger partial charge in [-0.25, -0.2) is 4.98 Å². The van der Waals surface area contributed by atoms with E-state index in [9.17, 15) is 23.3 Å². The van der Waals surface area contributed by atoms with Gasteiger partial charge in [-0.15, -0.1) is 13.2 Å². The van der Waals surface area contributed by atoms with Crippen LogP contribution >= 0.6 is 0 Å². The summed E-state index contributed by atoms with van der Waals surface area (Å²) in [6.07, 6.45) is -1.29. The van der Waals surface area contributed by atoms with Crippen molar-refractivity contribution in [1.82, 2.24) is 9.97 Å². The molecular weight excluding hydrogens is 429 g/mol. The SMILES string of the molecule is CC1(N)CCC(Cc2nc(NCc3ccccc3OC(F)(F)F)nc(N)c2[N+](=O)[O-])CC1. The number of hydrogen-bond donors (Lipinski definition) is 3. The third kappa shape index (κ3) is 6.19. The van der Waals surface area contributed by atoms with E-state index in [-0.39, 0.29) is 52.5 Å². The molecular formula is C20H25F3N6O3. The first-order valence-electron chi connectivity index (χ1n) is 10.1. The number of nitrogens with one attached hydrogen (secondary N) is 1. The summed E-state index contributed by atoms with van der Waals surface area (Å²) in [5.74, 6) is -0.519. The van der Waals surface area contributed by atoms with Crippen LogP contribution in [0.5, 0.6) is 5.75 Å². The van der Waals surface area contributed by atoms with Crippen molar-refractivity contribution in [3.8, 4) is 5.75 Å². The van der Waals surface area contributed by atoms with Gasteiger partial charge in [0.15, 0.2) is 0 Å². The molecule has 0 bridgehead atoms. The van der Waals surface area contributed by atoms with Crippen molar-refractivity contribution in [2.45, 2.75) is 57.5 Å². The average molecular weight is 454 g/mol. The summed E-state index contributed by atoms with van der Waals surface area (Å²) in [4.78, 5) is 19.1. The minimum atomic E-state index is -4.84. The number of nitrogens with zero attached hydrogens (tertiary/aromatic N) is 3. The van der Waals surface area contributed by atoms with Crippen molar-refractivity contribution in [2.75, 3.05) is 11.1 Å². The monoisotopic (exact) mass is 454 g/mol. The van der Waals surface area contributed by atoms with Crippen LogP contribution in [-0.2, 0) is 13.0 Å². The Hall–Kier alpha value is -3.15. The van der Waals surface area contributed by atoms with Crippen LogP contribution in [0.1, 0.15) is 43.9 Å². The predicted octanol–water partition coefficient (Wildman–Crippen LogP) is 3.93. The molecule has 5 N–H and O–H groups in total. The molecule has 0 unspecified atom stereocenters. The molecule has 1 aliphatic carbocycles. The van der Waals surface area contributed by atoms with E-state index < -0.39 is 11.3 Å². The van der Waals surface area contributed by atoms with Crippen molar-refractivity contribution in [2.24, 2.45) is 11.7 Å². The van der Waals surface area contributed by atoms with Gasteiger partial charge < -0.3 is 21.5 Å². The largest absolute Gasteiger partial charge is 0.573 e. The number of nitro groups is 1. The van der Waals surface area contributed by atoms with Gasteiger partial charge in [0.25, 0.3) is 0 Å². The molecule has 32 heavy (non-hydrogen) atoms. The third-order valence-electron chi connectivity index (χ3n) is 5.53. The van der Waals surface area contributed by atoms with Crippen molar-refractivity contribution in [3.05, 3.63) is 45.6 Å². The van der Waals surface area contributed by atoms with E-state index in [0.717, 1.165) is 25.7 Å². The number of rotatable bonds is 7. The topological polar surface area (TPSA) is 142 Å². The lowest BCUT2D eigenvalue weighted by Gasteiger charge is -2.34. The van der Waals surface area contributed by atoms with Gasteiger partial charge in [-0.2, -0.15) is 4.98 Å². The highest BCUT2D eigenvalue weighted by Gasteiger charge is 2.33. The van der Waals surface area contributed by atoms with Crippen molar-refractivity contribution in [3.63, 3.8) is 0 Å². The van der Waals surface area contributed by atoms with Gasteiger partial charge in [0, 0.05) is 17.6 Å². The van der Waals surface area contributed by atoms with E-state index in [1.807, 2.05) is 6.92 Å². The van der Waals surface area contributed by atoms with E-state index in [1.165, 1.54) is 18.2 Å². The summed E-state index contributed by atoms with van der Waals surface area (Å²) in [5, 5.41) is 14.3. The van der Waals surface area contributed by atoms with Gasteiger partial charge in [0.05, 0.1) is 4.92 Å². The Balaban J connectivity index is 1.79. The second kappa shape index (κ2) is 9.15. The predicted molar refractivity (Wildman–Crippen MR) is 112 cm³/mol. The van der Waals surface area contributed by atoms with Crippen LogP contribution in [-0.4, -0.2) is 26.8 Å². The van der Waals surface area contributed by atoms with Gasteiger partial charge in [-0.3, -0.25) is 10.1 Å². The zero-order chi connectivity index (χ0) is 23.5. The van der Waals surface area contributed by atoms with Crippen molar-refractivity contribution >= 4 is 17.5 Å². The molecule has 0 atom stereocenters. The van der Waals surface area contributed by atoms with E-state index in [2.05, 4.69) is 20.0 Å². The number of aromatic nitrogens is 2. The summed E-state index contributed by atoms with van der Waals surface area (Å²) >= 11 is 0. The summed E-state index contributed by atoms with van der Waals surface area (Å²) in [6.45, 7) is 1.88. The third-order valence-corrected chi connectivity index (χ3v) is 5.53. The summed E-state index contributed by atoms with van der Waals surface area (Å²) in [6, 6.07) is 5.62. The second-order valence-corrected chi connectivity index (χ2v) is 8.30. The maximum Gasteiger partial charge on any atom is 0.573 e. The highest BCUT2D eigenvalue weighted by atomic mass is 19.4. The number of halogens is 3. The molecule has 174 valence electrons. The lowest BCUT2D eigenvalue weighted by molar-refractivity contribution is -0.385. The lowest BCUT2D eigenvalue weighted by atomic mass is 9.76. The zero-order valence-electron chi connectivity index (χ0n) is 17.5. The van der Waals surface area contributed by atoms with E-state index in [4.69, 9.17) is 11.5 Å². The quantitative estimate of drug-likeness (QED) is 0.422. The minimum absolute atomic E-state index is 0.00983. The van der Waals surface area contributed by atoms with Crippen LogP contribution in [0.4, 0.5) is 30.6 Å². The smallest absolute Gasteiger partial charge is 0.405 e. The molecule has 3 rings (SSSR count). The molecule has 1 aromatic carbocycles. The summed E-state index contributed by atoms with van der Waals surface area (Å²) in [7, 11) is 0. The van der Waals surface area contributed by atoms with Gasteiger partial charge in [-0.05, 0) is 51.0 Å². The fourth-order valence-corrected chi connectivity index (χ4v) is 3.80. The Morgan fingerprint density at radius 3 is 2.56 bits per heavy atom. The minimum Gasteiger partial charge on any atom is -0.405 e. The molecule has 1 heterocycles. The number of benzene rings is 1.